The fourth-order valence-corrected chi connectivity index (χ4v) is 1.54. The lowest BCUT2D eigenvalue weighted by Crippen LogP contribution is -2.09. The number of aromatic nitrogens is 2. The second-order valence-corrected chi connectivity index (χ2v) is 3.49. The van der Waals surface area contributed by atoms with Gasteiger partial charge in [0.2, 0.25) is 0 Å². The van der Waals surface area contributed by atoms with Crippen LogP contribution in [0.1, 0.15) is 5.56 Å². The number of pyridine rings is 1. The zero-order valence-corrected chi connectivity index (χ0v) is 9.00. The molecule has 0 aromatic carbocycles. The van der Waals surface area contributed by atoms with E-state index in [4.69, 9.17) is 4.74 Å². The molecule has 2 N–H and O–H groups in total. The summed E-state index contributed by atoms with van der Waals surface area (Å²) < 4.78 is 4.98. The number of fused-ring (bicyclic) bond motifs is 1. The normalized spacial score (nSPS) is 10.8. The van der Waals surface area contributed by atoms with Crippen molar-refractivity contribution in [2.75, 3.05) is 25.6 Å². The topological polar surface area (TPSA) is 49.9 Å². The number of nitrogens with zero attached hydrogens (tertiary/aromatic N) is 1. The zero-order chi connectivity index (χ0) is 10.7. The van der Waals surface area contributed by atoms with Crippen molar-refractivity contribution < 1.29 is 4.74 Å². The van der Waals surface area contributed by atoms with Gasteiger partial charge < -0.3 is 15.0 Å². The van der Waals surface area contributed by atoms with E-state index in [2.05, 4.69) is 28.3 Å². The molecule has 0 bridgehead atoms. The second kappa shape index (κ2) is 4.31. The van der Waals surface area contributed by atoms with E-state index in [1.165, 1.54) is 0 Å². The lowest BCUT2D eigenvalue weighted by atomic mass is 10.2. The van der Waals surface area contributed by atoms with Crippen molar-refractivity contribution in [1.29, 1.82) is 0 Å². The highest BCUT2D eigenvalue weighted by Gasteiger charge is 2.02. The molecule has 0 atom stereocenters. The highest BCUT2D eigenvalue weighted by Crippen LogP contribution is 2.18. The molecule has 0 spiro atoms. The Morgan fingerprint density at radius 2 is 2.40 bits per heavy atom. The maximum absolute atomic E-state index is 4.98. The third-order valence-corrected chi connectivity index (χ3v) is 2.32. The van der Waals surface area contributed by atoms with Crippen LogP contribution in [0.2, 0.25) is 0 Å². The first-order valence-electron chi connectivity index (χ1n) is 4.99. The molecule has 4 heteroatoms. The van der Waals surface area contributed by atoms with Gasteiger partial charge in [-0.1, -0.05) is 0 Å². The predicted molar refractivity (Wildman–Crippen MR) is 61.2 cm³/mol. The summed E-state index contributed by atoms with van der Waals surface area (Å²) in [6.07, 6.45) is 1.90. The minimum atomic E-state index is 0.684. The Hall–Kier alpha value is -1.55. The zero-order valence-electron chi connectivity index (χ0n) is 9.00. The van der Waals surface area contributed by atoms with E-state index in [1.54, 1.807) is 7.11 Å². The van der Waals surface area contributed by atoms with Gasteiger partial charge in [0.1, 0.15) is 11.5 Å². The molecule has 0 fully saturated rings. The summed E-state index contributed by atoms with van der Waals surface area (Å²) in [5.41, 5.74) is 2.07. The summed E-state index contributed by atoms with van der Waals surface area (Å²) in [4.78, 5) is 7.58. The highest BCUT2D eigenvalue weighted by molar-refractivity contribution is 5.78. The van der Waals surface area contributed by atoms with E-state index < -0.39 is 0 Å². The van der Waals surface area contributed by atoms with Gasteiger partial charge >= 0.3 is 0 Å². The number of rotatable bonds is 4. The van der Waals surface area contributed by atoms with E-state index in [1.807, 2.05) is 12.3 Å². The molecular formula is C11H15N3O. The Bertz CT molecular complexity index is 450. The van der Waals surface area contributed by atoms with Gasteiger partial charge in [0.15, 0.2) is 0 Å². The number of aryl methyl sites for hydroxylation is 1. The van der Waals surface area contributed by atoms with Crippen molar-refractivity contribution >= 4 is 16.9 Å². The van der Waals surface area contributed by atoms with Crippen molar-refractivity contribution in [3.05, 3.63) is 23.9 Å². The second-order valence-electron chi connectivity index (χ2n) is 3.49. The third kappa shape index (κ3) is 2.10. The van der Waals surface area contributed by atoms with Crippen molar-refractivity contribution in [3.63, 3.8) is 0 Å². The van der Waals surface area contributed by atoms with E-state index in [0.717, 1.165) is 29.0 Å². The minimum Gasteiger partial charge on any atom is -0.383 e. The average molecular weight is 205 g/mol. The summed E-state index contributed by atoms with van der Waals surface area (Å²) in [6.45, 7) is 3.51. The van der Waals surface area contributed by atoms with Crippen LogP contribution in [0.3, 0.4) is 0 Å². The van der Waals surface area contributed by atoms with Crippen molar-refractivity contribution in [1.82, 2.24) is 9.97 Å². The van der Waals surface area contributed by atoms with Crippen LogP contribution in [-0.4, -0.2) is 30.2 Å². The number of aromatic amines is 1. The van der Waals surface area contributed by atoms with Gasteiger partial charge in [-0.25, -0.2) is 4.98 Å². The van der Waals surface area contributed by atoms with Gasteiger partial charge in [0.05, 0.1) is 6.61 Å². The number of H-pyrrole nitrogens is 1. The minimum absolute atomic E-state index is 0.684. The Kier molecular flexibility index (Phi) is 2.87. The molecule has 2 heterocycles. The molecule has 0 unspecified atom stereocenters. The molecule has 0 saturated heterocycles. The standard InChI is InChI=1S/C11H15N3O/c1-8-7-9-3-4-12-11(9)14-10(8)13-5-6-15-2/h3-4,7H,5-6H2,1-2H3,(H2,12,13,14). The van der Waals surface area contributed by atoms with Crippen molar-refractivity contribution in [2.24, 2.45) is 0 Å². The lowest BCUT2D eigenvalue weighted by Gasteiger charge is -2.07. The summed E-state index contributed by atoms with van der Waals surface area (Å²) >= 11 is 0. The number of methoxy groups -OCH3 is 1. The van der Waals surface area contributed by atoms with Crippen LogP contribution in [-0.2, 0) is 4.74 Å². The third-order valence-electron chi connectivity index (χ3n) is 2.32. The van der Waals surface area contributed by atoms with Gasteiger partial charge in [-0.15, -0.1) is 0 Å². The molecule has 0 aliphatic carbocycles. The molecule has 0 radical (unpaired) electrons. The molecule has 0 aliphatic rings. The van der Waals surface area contributed by atoms with Crippen LogP contribution in [0.25, 0.3) is 11.0 Å². The van der Waals surface area contributed by atoms with Crippen LogP contribution in [0.4, 0.5) is 5.82 Å². The van der Waals surface area contributed by atoms with E-state index in [-0.39, 0.29) is 0 Å². The summed E-state index contributed by atoms with van der Waals surface area (Å²) in [5.74, 6) is 0.919. The largest absolute Gasteiger partial charge is 0.383 e. The van der Waals surface area contributed by atoms with Gasteiger partial charge in [-0.2, -0.15) is 0 Å². The SMILES string of the molecule is COCCNc1nc2[nH]ccc2cc1C. The smallest absolute Gasteiger partial charge is 0.139 e. The first kappa shape index (κ1) is 9.98. The molecule has 0 amide bonds. The lowest BCUT2D eigenvalue weighted by molar-refractivity contribution is 0.210. The summed E-state index contributed by atoms with van der Waals surface area (Å²) in [7, 11) is 1.69. The molecule has 2 rings (SSSR count). The molecule has 15 heavy (non-hydrogen) atoms. The fraction of sp³-hybridized carbons (Fsp3) is 0.364. The number of nitrogens with one attached hydrogen (secondary N) is 2. The van der Waals surface area contributed by atoms with Gasteiger partial charge in [0.25, 0.3) is 0 Å². The molecule has 2 aromatic rings. The average Bonchev–Trinajstić information content (AvgIpc) is 2.65. The van der Waals surface area contributed by atoms with Gasteiger partial charge in [-0.05, 0) is 24.6 Å². The predicted octanol–water partition coefficient (Wildman–Crippen LogP) is 1.93. The van der Waals surface area contributed by atoms with E-state index in [9.17, 15) is 0 Å². The molecular weight excluding hydrogens is 190 g/mol. The molecule has 0 aliphatic heterocycles. The van der Waals surface area contributed by atoms with E-state index >= 15 is 0 Å². The van der Waals surface area contributed by atoms with Gasteiger partial charge in [-0.3, -0.25) is 0 Å². The summed E-state index contributed by atoms with van der Waals surface area (Å²) in [6, 6.07) is 4.14. The van der Waals surface area contributed by atoms with Crippen LogP contribution >= 0.6 is 0 Å². The first-order valence-corrected chi connectivity index (χ1v) is 4.99. The highest BCUT2D eigenvalue weighted by atomic mass is 16.5. The maximum atomic E-state index is 4.98. The first-order chi connectivity index (χ1) is 7.31. The Morgan fingerprint density at radius 1 is 1.53 bits per heavy atom. The molecule has 2 aromatic heterocycles. The van der Waals surface area contributed by atoms with Crippen LogP contribution < -0.4 is 5.32 Å². The number of hydrogen-bond acceptors (Lipinski definition) is 3. The maximum Gasteiger partial charge on any atom is 0.139 e. The van der Waals surface area contributed by atoms with Crippen LogP contribution in [0, 0.1) is 6.92 Å². The van der Waals surface area contributed by atoms with Gasteiger partial charge in [0, 0.05) is 25.2 Å². The van der Waals surface area contributed by atoms with Crippen molar-refractivity contribution in [3.8, 4) is 0 Å². The number of hydrogen-bond donors (Lipinski definition) is 2. The molecule has 0 saturated carbocycles. The van der Waals surface area contributed by atoms with E-state index in [0.29, 0.717) is 6.61 Å². The molecule has 80 valence electrons. The Balaban J connectivity index is 2.22. The van der Waals surface area contributed by atoms with Crippen LogP contribution in [0.5, 0.6) is 0 Å². The quantitative estimate of drug-likeness (QED) is 0.750. The monoisotopic (exact) mass is 205 g/mol. The molecule has 4 nitrogen and oxygen atoms in total. The fourth-order valence-electron chi connectivity index (χ4n) is 1.54. The summed E-state index contributed by atoms with van der Waals surface area (Å²) in [5, 5.41) is 4.38. The number of anilines is 1. The van der Waals surface area contributed by atoms with Crippen LogP contribution in [0.15, 0.2) is 18.3 Å². The van der Waals surface area contributed by atoms with Crippen molar-refractivity contribution in [2.45, 2.75) is 6.92 Å². The number of ether oxygens (including phenoxy) is 1. The Labute approximate surface area is 88.7 Å². The Morgan fingerprint density at radius 3 is 3.20 bits per heavy atom.